The first-order valence-electron chi connectivity index (χ1n) is 8.03. The Bertz CT molecular complexity index is 904. The number of benzene rings is 2. The fraction of sp³-hybridized carbons (Fsp3) is 0.150. The number of ether oxygens (including phenoxy) is 1. The molecule has 0 saturated heterocycles. The largest absolute Gasteiger partial charge is 0.489 e. The molecule has 1 amide bonds. The SMILES string of the molecule is O=C1C[C@H](c2cccc(OCc3ccc(Cl)cc3)c2)c2sccc2N1. The third-order valence-corrected chi connectivity index (χ3v) is 5.54. The van der Waals surface area contributed by atoms with Crippen molar-refractivity contribution in [3.8, 4) is 5.75 Å². The van der Waals surface area contributed by atoms with Crippen molar-refractivity contribution < 1.29 is 9.53 Å². The van der Waals surface area contributed by atoms with Crippen LogP contribution in [0.25, 0.3) is 0 Å². The molecule has 5 heteroatoms. The Balaban J connectivity index is 1.54. The molecule has 0 spiro atoms. The Morgan fingerprint density at radius 3 is 2.84 bits per heavy atom. The molecule has 1 aliphatic heterocycles. The van der Waals surface area contributed by atoms with Gasteiger partial charge in [-0.1, -0.05) is 35.9 Å². The van der Waals surface area contributed by atoms with E-state index >= 15 is 0 Å². The molecule has 0 fully saturated rings. The van der Waals surface area contributed by atoms with E-state index in [2.05, 4.69) is 11.4 Å². The van der Waals surface area contributed by atoms with Gasteiger partial charge in [-0.2, -0.15) is 0 Å². The quantitative estimate of drug-likeness (QED) is 0.663. The van der Waals surface area contributed by atoms with Crippen molar-refractivity contribution in [2.24, 2.45) is 0 Å². The fourth-order valence-corrected chi connectivity index (χ4v) is 4.12. The highest BCUT2D eigenvalue weighted by molar-refractivity contribution is 7.10. The summed E-state index contributed by atoms with van der Waals surface area (Å²) in [7, 11) is 0. The third-order valence-electron chi connectivity index (χ3n) is 4.25. The van der Waals surface area contributed by atoms with Crippen LogP contribution >= 0.6 is 22.9 Å². The zero-order valence-corrected chi connectivity index (χ0v) is 14.9. The highest BCUT2D eigenvalue weighted by Gasteiger charge is 2.27. The van der Waals surface area contributed by atoms with Crippen molar-refractivity contribution in [2.45, 2.75) is 18.9 Å². The van der Waals surface area contributed by atoms with Crippen molar-refractivity contribution in [3.05, 3.63) is 81.0 Å². The summed E-state index contributed by atoms with van der Waals surface area (Å²) >= 11 is 7.59. The summed E-state index contributed by atoms with van der Waals surface area (Å²) in [5.74, 6) is 0.947. The van der Waals surface area contributed by atoms with Crippen LogP contribution in [-0.4, -0.2) is 5.91 Å². The molecule has 2 aromatic carbocycles. The average molecular weight is 370 g/mol. The molecular formula is C20H16ClNO2S. The number of halogens is 1. The summed E-state index contributed by atoms with van der Waals surface area (Å²) < 4.78 is 5.92. The Labute approximate surface area is 155 Å². The Morgan fingerprint density at radius 1 is 1.16 bits per heavy atom. The molecule has 0 saturated carbocycles. The number of hydrogen-bond acceptors (Lipinski definition) is 3. The number of anilines is 1. The van der Waals surface area contributed by atoms with Gasteiger partial charge >= 0.3 is 0 Å². The molecule has 0 unspecified atom stereocenters. The van der Waals surface area contributed by atoms with Crippen LogP contribution in [0.1, 0.15) is 28.3 Å². The van der Waals surface area contributed by atoms with E-state index < -0.39 is 0 Å². The van der Waals surface area contributed by atoms with E-state index in [0.717, 1.165) is 22.6 Å². The molecule has 3 aromatic rings. The van der Waals surface area contributed by atoms with Gasteiger partial charge in [-0.25, -0.2) is 0 Å². The Hall–Kier alpha value is -2.30. The summed E-state index contributed by atoms with van der Waals surface area (Å²) in [5, 5.41) is 5.67. The monoisotopic (exact) mass is 369 g/mol. The van der Waals surface area contributed by atoms with Gasteiger partial charge < -0.3 is 10.1 Å². The van der Waals surface area contributed by atoms with Crippen LogP contribution in [0.2, 0.25) is 5.02 Å². The van der Waals surface area contributed by atoms with E-state index in [1.165, 1.54) is 4.88 Å². The van der Waals surface area contributed by atoms with Gasteiger partial charge in [0, 0.05) is 22.2 Å². The molecule has 4 rings (SSSR count). The van der Waals surface area contributed by atoms with Gasteiger partial charge in [-0.15, -0.1) is 11.3 Å². The predicted molar refractivity (Wildman–Crippen MR) is 102 cm³/mol. The summed E-state index contributed by atoms with van der Waals surface area (Å²) in [6, 6.07) is 17.6. The molecule has 1 aromatic heterocycles. The lowest BCUT2D eigenvalue weighted by molar-refractivity contribution is -0.116. The minimum absolute atomic E-state index is 0.0587. The van der Waals surface area contributed by atoms with Gasteiger partial charge in [0.1, 0.15) is 12.4 Å². The van der Waals surface area contributed by atoms with Crippen LogP contribution < -0.4 is 10.1 Å². The summed E-state index contributed by atoms with van der Waals surface area (Å²) in [4.78, 5) is 13.2. The molecule has 1 N–H and O–H groups in total. The molecule has 2 heterocycles. The van der Waals surface area contributed by atoms with Crippen molar-refractivity contribution in [1.82, 2.24) is 0 Å². The maximum atomic E-state index is 12.0. The van der Waals surface area contributed by atoms with Gasteiger partial charge in [-0.3, -0.25) is 4.79 Å². The molecule has 1 aliphatic rings. The number of nitrogens with one attached hydrogen (secondary N) is 1. The normalized spacial score (nSPS) is 16.2. The molecule has 0 bridgehead atoms. The highest BCUT2D eigenvalue weighted by atomic mass is 35.5. The third kappa shape index (κ3) is 3.55. The second kappa shape index (κ2) is 6.90. The van der Waals surface area contributed by atoms with Gasteiger partial charge in [-0.05, 0) is 46.8 Å². The summed E-state index contributed by atoms with van der Waals surface area (Å²) in [5.41, 5.74) is 3.10. The first kappa shape index (κ1) is 16.2. The first-order chi connectivity index (χ1) is 12.2. The van der Waals surface area contributed by atoms with Gasteiger partial charge in [0.15, 0.2) is 0 Å². The minimum atomic E-state index is 0.0587. The number of fused-ring (bicyclic) bond motifs is 1. The van der Waals surface area contributed by atoms with Crippen LogP contribution in [0.5, 0.6) is 5.75 Å². The summed E-state index contributed by atoms with van der Waals surface area (Å²) in [6.07, 6.45) is 0.466. The maximum absolute atomic E-state index is 12.0. The van der Waals surface area contributed by atoms with Gasteiger partial charge in [0.25, 0.3) is 0 Å². The molecular weight excluding hydrogens is 354 g/mol. The number of rotatable bonds is 4. The van der Waals surface area contributed by atoms with Crippen molar-refractivity contribution in [2.75, 3.05) is 5.32 Å². The maximum Gasteiger partial charge on any atom is 0.225 e. The van der Waals surface area contributed by atoms with Crippen LogP contribution in [-0.2, 0) is 11.4 Å². The topological polar surface area (TPSA) is 38.3 Å². The number of amides is 1. The standard InChI is InChI=1S/C20H16ClNO2S/c21-15-6-4-13(5-7-15)12-24-16-3-1-2-14(10-16)17-11-19(23)22-18-8-9-25-20(17)18/h1-10,17H,11-12H2,(H,22,23)/t17-/m1/s1. The summed E-state index contributed by atoms with van der Waals surface area (Å²) in [6.45, 7) is 0.482. The fourth-order valence-electron chi connectivity index (χ4n) is 3.01. The van der Waals surface area contributed by atoms with Crippen LogP contribution in [0.4, 0.5) is 5.69 Å². The average Bonchev–Trinajstić information content (AvgIpc) is 3.09. The lowest BCUT2D eigenvalue weighted by atomic mass is 9.90. The second-order valence-corrected chi connectivity index (χ2v) is 7.38. The molecule has 126 valence electrons. The molecule has 3 nitrogen and oxygen atoms in total. The van der Waals surface area contributed by atoms with E-state index in [1.54, 1.807) is 11.3 Å². The predicted octanol–water partition coefficient (Wildman–Crippen LogP) is 5.45. The lowest BCUT2D eigenvalue weighted by Gasteiger charge is -2.23. The number of carbonyl (C=O) groups excluding carboxylic acids is 1. The lowest BCUT2D eigenvalue weighted by Crippen LogP contribution is -2.21. The number of thiophene rings is 1. The van der Waals surface area contributed by atoms with Crippen molar-refractivity contribution >= 4 is 34.5 Å². The van der Waals surface area contributed by atoms with Crippen molar-refractivity contribution in [3.63, 3.8) is 0 Å². The molecule has 0 radical (unpaired) electrons. The van der Waals surface area contributed by atoms with E-state index in [1.807, 2.05) is 53.9 Å². The van der Waals surface area contributed by atoms with Gasteiger partial charge in [0.05, 0.1) is 5.69 Å². The first-order valence-corrected chi connectivity index (χ1v) is 9.29. The molecule has 1 atom stereocenters. The van der Waals surface area contributed by atoms with E-state index in [0.29, 0.717) is 18.1 Å². The molecule has 25 heavy (non-hydrogen) atoms. The smallest absolute Gasteiger partial charge is 0.225 e. The second-order valence-electron chi connectivity index (χ2n) is 5.99. The zero-order chi connectivity index (χ0) is 17.2. The number of hydrogen-bond donors (Lipinski definition) is 1. The van der Waals surface area contributed by atoms with Crippen LogP contribution in [0, 0.1) is 0 Å². The zero-order valence-electron chi connectivity index (χ0n) is 13.4. The highest BCUT2D eigenvalue weighted by Crippen LogP contribution is 2.41. The van der Waals surface area contributed by atoms with Crippen molar-refractivity contribution in [1.29, 1.82) is 0 Å². The number of carbonyl (C=O) groups is 1. The van der Waals surface area contributed by atoms with E-state index in [4.69, 9.17) is 16.3 Å². The Kier molecular flexibility index (Phi) is 4.47. The van der Waals surface area contributed by atoms with Crippen LogP contribution in [0.3, 0.4) is 0 Å². The minimum Gasteiger partial charge on any atom is -0.489 e. The molecule has 0 aliphatic carbocycles. The van der Waals surface area contributed by atoms with Gasteiger partial charge in [0.2, 0.25) is 5.91 Å². The Morgan fingerprint density at radius 2 is 2.00 bits per heavy atom. The van der Waals surface area contributed by atoms with Crippen LogP contribution in [0.15, 0.2) is 60.0 Å². The van der Waals surface area contributed by atoms with E-state index in [9.17, 15) is 4.79 Å². The van der Waals surface area contributed by atoms with E-state index in [-0.39, 0.29) is 11.8 Å².